The van der Waals surface area contributed by atoms with Gasteiger partial charge in [0.2, 0.25) is 0 Å². The third-order valence-corrected chi connectivity index (χ3v) is 5.51. The zero-order chi connectivity index (χ0) is 18.2. The van der Waals surface area contributed by atoms with E-state index < -0.39 is 0 Å². The van der Waals surface area contributed by atoms with Crippen molar-refractivity contribution >= 4 is 23.1 Å². The molecule has 2 aliphatic heterocycles. The Labute approximate surface area is 159 Å². The second kappa shape index (κ2) is 6.54. The Morgan fingerprint density at radius 1 is 0.815 bits per heavy atom. The van der Waals surface area contributed by atoms with Crippen LogP contribution in [0.5, 0.6) is 0 Å². The smallest absolute Gasteiger partial charge is 0.259 e. The summed E-state index contributed by atoms with van der Waals surface area (Å²) in [6.45, 7) is 1.69. The number of amides is 1. The summed E-state index contributed by atoms with van der Waals surface area (Å²) >= 11 is 0. The van der Waals surface area contributed by atoms with Crippen molar-refractivity contribution in [2.75, 3.05) is 22.9 Å². The fraction of sp³-hybridized carbons (Fsp3) is 0.217. The minimum atomic E-state index is 0.0260. The normalized spacial score (nSPS) is 15.4. The molecule has 0 fully saturated rings. The number of pyridine rings is 1. The van der Waals surface area contributed by atoms with E-state index in [4.69, 9.17) is 0 Å². The molecule has 0 bridgehead atoms. The lowest BCUT2D eigenvalue weighted by atomic mass is 10.0. The summed E-state index contributed by atoms with van der Waals surface area (Å²) in [7, 11) is 0. The van der Waals surface area contributed by atoms with Gasteiger partial charge >= 0.3 is 0 Å². The maximum atomic E-state index is 13.0. The number of para-hydroxylation sites is 2. The maximum absolute atomic E-state index is 13.0. The Morgan fingerprint density at radius 3 is 2.33 bits per heavy atom. The molecule has 2 aromatic carbocycles. The molecular formula is C23H21N3O. The van der Waals surface area contributed by atoms with Crippen molar-refractivity contribution in [2.24, 2.45) is 0 Å². The maximum Gasteiger partial charge on any atom is 0.259 e. The second-order valence-electron chi connectivity index (χ2n) is 7.12. The molecule has 5 rings (SSSR count). The summed E-state index contributed by atoms with van der Waals surface area (Å²) in [5.41, 5.74) is 5.49. The van der Waals surface area contributed by atoms with Crippen LogP contribution in [0.25, 0.3) is 0 Å². The van der Waals surface area contributed by atoms with E-state index in [1.54, 1.807) is 6.20 Å². The summed E-state index contributed by atoms with van der Waals surface area (Å²) < 4.78 is 0. The number of fused-ring (bicyclic) bond motifs is 2. The van der Waals surface area contributed by atoms with Gasteiger partial charge in [-0.05, 0) is 54.7 Å². The first-order valence-corrected chi connectivity index (χ1v) is 9.52. The summed E-state index contributed by atoms with van der Waals surface area (Å²) in [5.74, 6) is 0.929. The van der Waals surface area contributed by atoms with Gasteiger partial charge in [-0.1, -0.05) is 36.4 Å². The van der Waals surface area contributed by atoms with Crippen molar-refractivity contribution in [3.05, 3.63) is 83.6 Å². The van der Waals surface area contributed by atoms with E-state index in [-0.39, 0.29) is 5.91 Å². The number of hydrogen-bond donors (Lipinski definition) is 0. The monoisotopic (exact) mass is 355 g/mol. The molecule has 3 heterocycles. The predicted molar refractivity (Wildman–Crippen MR) is 108 cm³/mol. The van der Waals surface area contributed by atoms with E-state index >= 15 is 0 Å². The molecule has 0 N–H and O–H groups in total. The van der Waals surface area contributed by atoms with Crippen molar-refractivity contribution in [1.29, 1.82) is 0 Å². The van der Waals surface area contributed by atoms with Gasteiger partial charge in [0.25, 0.3) is 5.91 Å². The third-order valence-electron chi connectivity index (χ3n) is 5.51. The zero-order valence-electron chi connectivity index (χ0n) is 15.1. The van der Waals surface area contributed by atoms with Crippen LogP contribution in [0, 0.1) is 0 Å². The molecule has 0 saturated carbocycles. The SMILES string of the molecule is O=C(c1ccc(N2CCCc3ccccc32)nc1)N1CCc2ccccc21. The molecule has 0 radical (unpaired) electrons. The van der Waals surface area contributed by atoms with Crippen LogP contribution >= 0.6 is 0 Å². The van der Waals surface area contributed by atoms with E-state index in [0.717, 1.165) is 43.9 Å². The van der Waals surface area contributed by atoms with Crippen LogP contribution in [0.2, 0.25) is 0 Å². The van der Waals surface area contributed by atoms with Crippen LogP contribution in [0.1, 0.15) is 27.9 Å². The fourth-order valence-corrected chi connectivity index (χ4v) is 4.15. The fourth-order valence-electron chi connectivity index (χ4n) is 4.15. The van der Waals surface area contributed by atoms with Crippen LogP contribution in [-0.4, -0.2) is 24.0 Å². The Kier molecular flexibility index (Phi) is 3.89. The van der Waals surface area contributed by atoms with Gasteiger partial charge in [0.15, 0.2) is 0 Å². The number of carbonyl (C=O) groups excluding carboxylic acids is 1. The Morgan fingerprint density at radius 2 is 1.56 bits per heavy atom. The lowest BCUT2D eigenvalue weighted by Crippen LogP contribution is -2.29. The lowest BCUT2D eigenvalue weighted by Gasteiger charge is -2.30. The van der Waals surface area contributed by atoms with Crippen molar-refractivity contribution in [3.63, 3.8) is 0 Å². The highest BCUT2D eigenvalue weighted by atomic mass is 16.2. The van der Waals surface area contributed by atoms with Gasteiger partial charge in [-0.25, -0.2) is 4.98 Å². The van der Waals surface area contributed by atoms with Crippen LogP contribution < -0.4 is 9.80 Å². The van der Waals surface area contributed by atoms with Gasteiger partial charge in [0.05, 0.1) is 5.56 Å². The van der Waals surface area contributed by atoms with Crippen LogP contribution in [0.4, 0.5) is 17.2 Å². The van der Waals surface area contributed by atoms with Crippen LogP contribution in [0.15, 0.2) is 66.9 Å². The Hall–Kier alpha value is -3.14. The molecule has 1 amide bonds. The van der Waals surface area contributed by atoms with Crippen molar-refractivity contribution in [2.45, 2.75) is 19.3 Å². The van der Waals surface area contributed by atoms with Crippen molar-refractivity contribution < 1.29 is 4.79 Å². The number of aryl methyl sites for hydroxylation is 1. The Balaban J connectivity index is 1.41. The van der Waals surface area contributed by atoms with Gasteiger partial charge in [0, 0.05) is 30.7 Å². The topological polar surface area (TPSA) is 36.4 Å². The summed E-state index contributed by atoms with van der Waals surface area (Å²) in [6.07, 6.45) is 4.86. The minimum Gasteiger partial charge on any atom is -0.326 e. The first-order valence-electron chi connectivity index (χ1n) is 9.52. The van der Waals surface area contributed by atoms with E-state index in [1.807, 2.05) is 35.2 Å². The molecule has 2 aliphatic rings. The number of aromatic nitrogens is 1. The number of anilines is 3. The molecule has 0 atom stereocenters. The van der Waals surface area contributed by atoms with Gasteiger partial charge in [-0.3, -0.25) is 4.79 Å². The van der Waals surface area contributed by atoms with E-state index in [1.165, 1.54) is 16.8 Å². The number of carbonyl (C=O) groups is 1. The molecule has 3 aromatic rings. The van der Waals surface area contributed by atoms with E-state index in [2.05, 4.69) is 40.2 Å². The summed E-state index contributed by atoms with van der Waals surface area (Å²) in [4.78, 5) is 21.7. The first-order chi connectivity index (χ1) is 13.3. The van der Waals surface area contributed by atoms with Gasteiger partial charge < -0.3 is 9.80 Å². The number of nitrogens with zero attached hydrogens (tertiary/aromatic N) is 3. The number of benzene rings is 2. The minimum absolute atomic E-state index is 0.0260. The molecule has 4 heteroatoms. The number of rotatable bonds is 2. The highest BCUT2D eigenvalue weighted by molar-refractivity contribution is 6.07. The van der Waals surface area contributed by atoms with Gasteiger partial charge in [-0.15, -0.1) is 0 Å². The van der Waals surface area contributed by atoms with Crippen molar-refractivity contribution in [3.8, 4) is 0 Å². The summed E-state index contributed by atoms with van der Waals surface area (Å²) in [6, 6.07) is 20.5. The van der Waals surface area contributed by atoms with E-state index in [0.29, 0.717) is 5.56 Å². The van der Waals surface area contributed by atoms with Crippen LogP contribution in [0.3, 0.4) is 0 Å². The average Bonchev–Trinajstić information content (AvgIpc) is 3.17. The largest absolute Gasteiger partial charge is 0.326 e. The molecule has 134 valence electrons. The Bertz CT molecular complexity index is 997. The second-order valence-corrected chi connectivity index (χ2v) is 7.12. The standard InChI is InChI=1S/C23H21N3O/c27-23(26-15-13-18-7-2-4-10-21(18)26)19-11-12-22(24-16-19)25-14-5-8-17-6-1-3-9-20(17)25/h1-4,6-7,9-12,16H,5,8,13-15H2. The molecule has 1 aromatic heterocycles. The van der Waals surface area contributed by atoms with Gasteiger partial charge in [0.1, 0.15) is 5.82 Å². The van der Waals surface area contributed by atoms with Crippen LogP contribution in [-0.2, 0) is 12.8 Å². The molecular weight excluding hydrogens is 334 g/mol. The number of hydrogen-bond acceptors (Lipinski definition) is 3. The molecule has 4 nitrogen and oxygen atoms in total. The highest BCUT2D eigenvalue weighted by Crippen LogP contribution is 2.33. The summed E-state index contributed by atoms with van der Waals surface area (Å²) in [5, 5.41) is 0. The van der Waals surface area contributed by atoms with Gasteiger partial charge in [-0.2, -0.15) is 0 Å². The molecule has 0 aliphatic carbocycles. The molecule has 27 heavy (non-hydrogen) atoms. The third kappa shape index (κ3) is 2.78. The predicted octanol–water partition coefficient (Wildman–Crippen LogP) is 4.37. The highest BCUT2D eigenvalue weighted by Gasteiger charge is 2.26. The first kappa shape index (κ1) is 16.1. The lowest BCUT2D eigenvalue weighted by molar-refractivity contribution is 0.0989. The molecule has 0 spiro atoms. The molecule has 0 unspecified atom stereocenters. The zero-order valence-corrected chi connectivity index (χ0v) is 15.1. The van der Waals surface area contributed by atoms with E-state index in [9.17, 15) is 4.79 Å². The van der Waals surface area contributed by atoms with Crippen molar-refractivity contribution in [1.82, 2.24) is 4.98 Å². The average molecular weight is 355 g/mol. The quantitative estimate of drug-likeness (QED) is 0.685. The molecule has 0 saturated heterocycles.